The molecule has 3 aromatic carbocycles. The quantitative estimate of drug-likeness (QED) is 0.307. The maximum absolute atomic E-state index is 9.04. The highest BCUT2D eigenvalue weighted by Gasteiger charge is 2.25. The zero-order chi connectivity index (χ0) is 16.7. The number of hydrogen-bond donors (Lipinski definition) is 0. The number of anilines is 3. The lowest BCUT2D eigenvalue weighted by molar-refractivity contribution is 1.16. The van der Waals surface area contributed by atoms with Crippen LogP contribution in [0.5, 0.6) is 0 Å². The normalized spacial score (nSPS) is 12.3. The topological polar surface area (TPSA) is 27.0 Å². The summed E-state index contributed by atoms with van der Waals surface area (Å²) < 4.78 is 2.12. The second-order valence-corrected chi connectivity index (χ2v) is 8.24. The van der Waals surface area contributed by atoms with E-state index in [0.29, 0.717) is 5.56 Å². The fourth-order valence-corrected chi connectivity index (χ4v) is 4.88. The molecule has 0 saturated heterocycles. The van der Waals surface area contributed by atoms with Crippen LogP contribution in [0.4, 0.5) is 17.1 Å². The van der Waals surface area contributed by atoms with Crippen LogP contribution >= 0.6 is 43.6 Å². The van der Waals surface area contributed by atoms with E-state index in [9.17, 15) is 0 Å². The fraction of sp³-hybridized carbons (Fsp3) is 0. The molecule has 0 aliphatic carbocycles. The Bertz CT molecular complexity index is 926. The molecular weight excluding hydrogens is 448 g/mol. The summed E-state index contributed by atoms with van der Waals surface area (Å²) in [6.45, 7) is 0. The number of fused-ring (bicyclic) bond motifs is 2. The second-order valence-electron chi connectivity index (χ2n) is 5.32. The minimum Gasteiger partial charge on any atom is -0.308 e. The molecule has 3 aromatic rings. The molecule has 2 nitrogen and oxygen atoms in total. The standard InChI is InChI=1S/C19H10Br2N2S/c20-13-3-7-16-18(9-13)24-19-10-14(21)4-8-17(19)23(16)15-5-1-12(11-22)2-6-15/h1-10H. The first-order valence-electron chi connectivity index (χ1n) is 7.23. The molecule has 0 amide bonds. The SMILES string of the molecule is N#Cc1ccc(N2c3ccc(Br)cc3Sc3cc(Br)ccc32)cc1. The van der Waals surface area contributed by atoms with Gasteiger partial charge in [-0.25, -0.2) is 0 Å². The number of nitriles is 1. The van der Waals surface area contributed by atoms with Crippen LogP contribution in [-0.4, -0.2) is 0 Å². The molecule has 0 atom stereocenters. The maximum atomic E-state index is 9.04. The van der Waals surface area contributed by atoms with Crippen molar-refractivity contribution in [2.75, 3.05) is 4.90 Å². The average Bonchev–Trinajstić information content (AvgIpc) is 2.59. The van der Waals surface area contributed by atoms with Crippen LogP contribution in [0.2, 0.25) is 0 Å². The van der Waals surface area contributed by atoms with Gasteiger partial charge >= 0.3 is 0 Å². The zero-order valence-electron chi connectivity index (χ0n) is 12.3. The van der Waals surface area contributed by atoms with Crippen LogP contribution in [-0.2, 0) is 0 Å². The summed E-state index contributed by atoms with van der Waals surface area (Å²) in [6, 6.07) is 22.5. The van der Waals surface area contributed by atoms with Gasteiger partial charge in [0.1, 0.15) is 0 Å². The highest BCUT2D eigenvalue weighted by molar-refractivity contribution is 9.10. The Labute approximate surface area is 161 Å². The van der Waals surface area contributed by atoms with Gasteiger partial charge in [0, 0.05) is 24.4 Å². The van der Waals surface area contributed by atoms with Crippen LogP contribution in [0.15, 0.2) is 79.4 Å². The minimum absolute atomic E-state index is 0.664. The predicted octanol–water partition coefficient (Wildman–Crippen LogP) is 7.02. The van der Waals surface area contributed by atoms with E-state index in [4.69, 9.17) is 5.26 Å². The van der Waals surface area contributed by atoms with Gasteiger partial charge in [0.25, 0.3) is 0 Å². The van der Waals surface area contributed by atoms with Gasteiger partial charge < -0.3 is 4.90 Å². The van der Waals surface area contributed by atoms with E-state index in [1.807, 2.05) is 24.3 Å². The zero-order valence-corrected chi connectivity index (χ0v) is 16.3. The van der Waals surface area contributed by atoms with Gasteiger partial charge in [0.05, 0.1) is 23.0 Å². The van der Waals surface area contributed by atoms with Crippen molar-refractivity contribution in [3.63, 3.8) is 0 Å². The molecule has 1 heterocycles. The number of benzene rings is 3. The third-order valence-electron chi connectivity index (χ3n) is 3.80. The average molecular weight is 458 g/mol. The molecule has 5 heteroatoms. The summed E-state index contributed by atoms with van der Waals surface area (Å²) in [5.74, 6) is 0. The fourth-order valence-electron chi connectivity index (χ4n) is 2.72. The number of nitrogens with zero attached hydrogens (tertiary/aromatic N) is 2. The summed E-state index contributed by atoms with van der Waals surface area (Å²) in [5, 5.41) is 9.04. The molecule has 0 spiro atoms. The summed E-state index contributed by atoms with van der Waals surface area (Å²) in [5.41, 5.74) is 3.99. The molecular formula is C19H10Br2N2S. The van der Waals surface area contributed by atoms with E-state index in [1.165, 1.54) is 9.79 Å². The van der Waals surface area contributed by atoms with Crippen molar-refractivity contribution in [1.82, 2.24) is 0 Å². The molecule has 1 aliphatic rings. The van der Waals surface area contributed by atoms with Crippen LogP contribution in [0.1, 0.15) is 5.56 Å². The smallest absolute Gasteiger partial charge is 0.0991 e. The number of hydrogen-bond acceptors (Lipinski definition) is 3. The van der Waals surface area contributed by atoms with Gasteiger partial charge in [-0.15, -0.1) is 0 Å². The summed E-state index contributed by atoms with van der Waals surface area (Å²) in [6.07, 6.45) is 0. The third-order valence-corrected chi connectivity index (χ3v) is 5.88. The van der Waals surface area contributed by atoms with E-state index in [2.05, 4.69) is 79.2 Å². The van der Waals surface area contributed by atoms with Gasteiger partial charge in [0.15, 0.2) is 0 Å². The Morgan fingerprint density at radius 3 is 1.83 bits per heavy atom. The first-order chi connectivity index (χ1) is 11.7. The molecule has 0 saturated carbocycles. The summed E-state index contributed by atoms with van der Waals surface area (Å²) in [4.78, 5) is 4.62. The molecule has 4 rings (SSSR count). The molecule has 0 fully saturated rings. The van der Waals surface area contributed by atoms with Crippen LogP contribution in [0.3, 0.4) is 0 Å². The Kier molecular flexibility index (Phi) is 4.13. The lowest BCUT2D eigenvalue weighted by Gasteiger charge is -2.33. The molecule has 0 bridgehead atoms. The summed E-state index contributed by atoms with van der Waals surface area (Å²) in [7, 11) is 0. The van der Waals surface area contributed by atoms with Gasteiger partial charge in [-0.05, 0) is 60.7 Å². The lowest BCUT2D eigenvalue weighted by atomic mass is 10.1. The summed E-state index contributed by atoms with van der Waals surface area (Å²) >= 11 is 8.89. The minimum atomic E-state index is 0.664. The Balaban J connectivity index is 1.93. The van der Waals surface area contributed by atoms with Crippen molar-refractivity contribution < 1.29 is 0 Å². The van der Waals surface area contributed by atoms with Crippen molar-refractivity contribution in [2.45, 2.75) is 9.79 Å². The molecule has 0 N–H and O–H groups in total. The maximum Gasteiger partial charge on any atom is 0.0991 e. The van der Waals surface area contributed by atoms with Crippen molar-refractivity contribution >= 4 is 60.7 Å². The molecule has 0 unspecified atom stereocenters. The monoisotopic (exact) mass is 456 g/mol. The number of rotatable bonds is 1. The van der Waals surface area contributed by atoms with Crippen molar-refractivity contribution in [3.8, 4) is 6.07 Å². The predicted molar refractivity (Wildman–Crippen MR) is 105 cm³/mol. The van der Waals surface area contributed by atoms with E-state index < -0.39 is 0 Å². The Morgan fingerprint density at radius 1 is 0.792 bits per heavy atom. The van der Waals surface area contributed by atoms with Crippen molar-refractivity contribution in [2.24, 2.45) is 0 Å². The van der Waals surface area contributed by atoms with Gasteiger partial charge in [-0.2, -0.15) is 5.26 Å². The van der Waals surface area contributed by atoms with E-state index >= 15 is 0 Å². The van der Waals surface area contributed by atoms with Crippen molar-refractivity contribution in [1.29, 1.82) is 5.26 Å². The third kappa shape index (κ3) is 2.75. The number of halogens is 2. The first-order valence-corrected chi connectivity index (χ1v) is 9.63. The van der Waals surface area contributed by atoms with E-state index in [0.717, 1.165) is 26.0 Å². The largest absolute Gasteiger partial charge is 0.308 e. The lowest BCUT2D eigenvalue weighted by Crippen LogP contribution is -2.14. The molecule has 24 heavy (non-hydrogen) atoms. The molecule has 116 valence electrons. The van der Waals surface area contributed by atoms with Gasteiger partial charge in [-0.1, -0.05) is 43.6 Å². The van der Waals surface area contributed by atoms with Gasteiger partial charge in [0.2, 0.25) is 0 Å². The second kappa shape index (κ2) is 6.29. The van der Waals surface area contributed by atoms with Crippen molar-refractivity contribution in [3.05, 3.63) is 75.2 Å². The highest BCUT2D eigenvalue weighted by atomic mass is 79.9. The van der Waals surface area contributed by atoms with Gasteiger partial charge in [-0.3, -0.25) is 0 Å². The Morgan fingerprint density at radius 2 is 1.33 bits per heavy atom. The highest BCUT2D eigenvalue weighted by Crippen LogP contribution is 2.52. The van der Waals surface area contributed by atoms with E-state index in [1.54, 1.807) is 11.8 Å². The molecule has 0 aromatic heterocycles. The van der Waals surface area contributed by atoms with Crippen LogP contribution < -0.4 is 4.90 Å². The van der Waals surface area contributed by atoms with Crippen LogP contribution in [0, 0.1) is 11.3 Å². The van der Waals surface area contributed by atoms with Crippen LogP contribution in [0.25, 0.3) is 0 Å². The first kappa shape index (κ1) is 15.8. The molecule has 1 aliphatic heterocycles. The van der Waals surface area contributed by atoms with E-state index in [-0.39, 0.29) is 0 Å². The molecule has 0 radical (unpaired) electrons. The Hall–Kier alpha value is -1.74.